The molecule has 1 fully saturated rings. The minimum absolute atomic E-state index is 0.356. The molecule has 0 radical (unpaired) electrons. The first-order valence-corrected chi connectivity index (χ1v) is 5.96. The number of pyridine rings is 1. The highest BCUT2D eigenvalue weighted by Gasteiger charge is 2.49. The normalized spacial score (nSPS) is 21.7. The van der Waals surface area contributed by atoms with E-state index in [-0.39, 0.29) is 11.2 Å². The molecular weight excluding hydrogens is 232 g/mol. The Bertz CT molecular complexity index is 458. The third-order valence-corrected chi connectivity index (χ3v) is 3.47. The Balaban J connectivity index is 2.08. The van der Waals surface area contributed by atoms with Crippen LogP contribution in [0.4, 0.5) is 4.39 Å². The molecule has 1 aromatic heterocycles. The quantitative estimate of drug-likeness (QED) is 0.596. The van der Waals surface area contributed by atoms with Crippen LogP contribution in [-0.4, -0.2) is 23.3 Å². The van der Waals surface area contributed by atoms with Crippen LogP contribution in [0.3, 0.4) is 0 Å². The van der Waals surface area contributed by atoms with Gasteiger partial charge in [-0.1, -0.05) is 12.1 Å². The van der Waals surface area contributed by atoms with Crippen molar-refractivity contribution in [3.05, 3.63) is 35.8 Å². The predicted molar refractivity (Wildman–Crippen MR) is 69.3 cm³/mol. The molecule has 0 amide bonds. The smallest absolute Gasteiger partial charge is 0.400 e. The summed E-state index contributed by atoms with van der Waals surface area (Å²) in [4.78, 5) is 3.50. The molecule has 18 heavy (non-hydrogen) atoms. The van der Waals surface area contributed by atoms with Gasteiger partial charge in [0.25, 0.3) is 0 Å². The van der Waals surface area contributed by atoms with E-state index in [1.165, 1.54) is 12.3 Å². The molecule has 5 heteroatoms. The summed E-state index contributed by atoms with van der Waals surface area (Å²) in [7, 11) is -0.411. The summed E-state index contributed by atoms with van der Waals surface area (Å²) < 4.78 is 24.5. The van der Waals surface area contributed by atoms with Crippen LogP contribution in [0.1, 0.15) is 33.3 Å². The number of halogens is 1. The van der Waals surface area contributed by atoms with Crippen molar-refractivity contribution in [2.45, 2.75) is 38.9 Å². The second kappa shape index (κ2) is 4.48. The highest BCUT2D eigenvalue weighted by molar-refractivity contribution is 6.52. The van der Waals surface area contributed by atoms with Gasteiger partial charge in [0.1, 0.15) is 0 Å². The summed E-state index contributed by atoms with van der Waals surface area (Å²) in [6.07, 6.45) is 3.20. The average Bonchev–Trinajstić information content (AvgIpc) is 2.45. The minimum atomic E-state index is -0.494. The van der Waals surface area contributed by atoms with E-state index in [1.54, 1.807) is 18.1 Å². The van der Waals surface area contributed by atoms with Gasteiger partial charge in [-0.2, -0.15) is 4.39 Å². The van der Waals surface area contributed by atoms with E-state index in [9.17, 15) is 4.39 Å². The van der Waals surface area contributed by atoms with Gasteiger partial charge in [0.2, 0.25) is 5.95 Å². The zero-order valence-corrected chi connectivity index (χ0v) is 11.1. The number of rotatable bonds is 2. The molecule has 3 nitrogen and oxygen atoms in total. The molecule has 0 spiro atoms. The van der Waals surface area contributed by atoms with Crippen LogP contribution >= 0.6 is 0 Å². The standard InChI is InChI=1S/C13H17BFNO2/c1-12(2)13(3,4)18-14(17-12)7-5-10-6-8-16-11(15)9-10/h5-9H,1-4H3/b7-5+. The molecule has 2 heterocycles. The molecule has 1 aromatic rings. The lowest BCUT2D eigenvalue weighted by Gasteiger charge is -2.32. The van der Waals surface area contributed by atoms with Gasteiger partial charge >= 0.3 is 7.12 Å². The summed E-state index contributed by atoms with van der Waals surface area (Å²) in [6.45, 7) is 7.97. The Morgan fingerprint density at radius 1 is 1.22 bits per heavy atom. The molecule has 0 aliphatic carbocycles. The zero-order chi connectivity index (χ0) is 13.4. The van der Waals surface area contributed by atoms with Crippen LogP contribution in [0.2, 0.25) is 0 Å². The van der Waals surface area contributed by atoms with Gasteiger partial charge in [0.15, 0.2) is 0 Å². The second-order valence-corrected chi connectivity index (χ2v) is 5.40. The lowest BCUT2D eigenvalue weighted by atomic mass is 9.89. The van der Waals surface area contributed by atoms with Gasteiger partial charge in [-0.05, 0) is 39.3 Å². The first kappa shape index (κ1) is 13.2. The van der Waals surface area contributed by atoms with Crippen LogP contribution < -0.4 is 0 Å². The SMILES string of the molecule is CC1(C)OB(/C=C/c2ccnc(F)c2)OC1(C)C. The highest BCUT2D eigenvalue weighted by atomic mass is 19.1. The minimum Gasteiger partial charge on any atom is -0.400 e. The van der Waals surface area contributed by atoms with E-state index in [2.05, 4.69) is 4.98 Å². The maximum absolute atomic E-state index is 12.9. The Labute approximate surface area is 107 Å². The molecule has 2 rings (SSSR count). The number of aromatic nitrogens is 1. The largest absolute Gasteiger partial charge is 0.487 e. The van der Waals surface area contributed by atoms with Crippen molar-refractivity contribution in [2.24, 2.45) is 0 Å². The van der Waals surface area contributed by atoms with Gasteiger partial charge in [0, 0.05) is 12.3 Å². The van der Waals surface area contributed by atoms with Crippen molar-refractivity contribution in [3.8, 4) is 0 Å². The topological polar surface area (TPSA) is 31.4 Å². The molecule has 1 aliphatic rings. The maximum atomic E-state index is 12.9. The molecule has 96 valence electrons. The van der Waals surface area contributed by atoms with E-state index in [1.807, 2.05) is 27.7 Å². The first-order chi connectivity index (χ1) is 8.30. The predicted octanol–water partition coefficient (Wildman–Crippen LogP) is 2.87. The van der Waals surface area contributed by atoms with Crippen molar-refractivity contribution in [1.29, 1.82) is 0 Å². The fourth-order valence-electron chi connectivity index (χ4n) is 1.68. The molecular formula is C13H17BFNO2. The van der Waals surface area contributed by atoms with E-state index >= 15 is 0 Å². The zero-order valence-electron chi connectivity index (χ0n) is 11.1. The molecule has 1 aliphatic heterocycles. The van der Waals surface area contributed by atoms with Gasteiger partial charge < -0.3 is 9.31 Å². The third kappa shape index (κ3) is 2.62. The average molecular weight is 249 g/mol. The van der Waals surface area contributed by atoms with Crippen molar-refractivity contribution in [3.63, 3.8) is 0 Å². The van der Waals surface area contributed by atoms with Crippen molar-refractivity contribution < 1.29 is 13.7 Å². The van der Waals surface area contributed by atoms with Crippen LogP contribution in [0.15, 0.2) is 24.3 Å². The Morgan fingerprint density at radius 3 is 2.39 bits per heavy atom. The van der Waals surface area contributed by atoms with E-state index in [4.69, 9.17) is 9.31 Å². The summed E-state index contributed by atoms with van der Waals surface area (Å²) in [5.74, 6) is 1.29. The summed E-state index contributed by atoms with van der Waals surface area (Å²) >= 11 is 0. The Hall–Kier alpha value is -1.20. The molecule has 0 atom stereocenters. The molecule has 0 unspecified atom stereocenters. The Morgan fingerprint density at radius 2 is 1.83 bits per heavy atom. The fraction of sp³-hybridized carbons (Fsp3) is 0.462. The lowest BCUT2D eigenvalue weighted by molar-refractivity contribution is 0.00578. The van der Waals surface area contributed by atoms with E-state index in [0.29, 0.717) is 0 Å². The lowest BCUT2D eigenvalue weighted by Crippen LogP contribution is -2.41. The summed E-state index contributed by atoms with van der Waals surface area (Å²) in [5.41, 5.74) is 0.0222. The summed E-state index contributed by atoms with van der Waals surface area (Å²) in [6, 6.07) is 3.09. The maximum Gasteiger partial charge on any atom is 0.487 e. The van der Waals surface area contributed by atoms with Crippen LogP contribution in [0.25, 0.3) is 6.08 Å². The Kier molecular flexibility index (Phi) is 3.30. The van der Waals surface area contributed by atoms with E-state index in [0.717, 1.165) is 5.56 Å². The molecule has 0 bridgehead atoms. The monoisotopic (exact) mass is 249 g/mol. The third-order valence-electron chi connectivity index (χ3n) is 3.47. The molecule has 0 aromatic carbocycles. The van der Waals surface area contributed by atoms with E-state index < -0.39 is 13.1 Å². The summed E-state index contributed by atoms with van der Waals surface area (Å²) in [5, 5.41) is 0. The van der Waals surface area contributed by atoms with Crippen LogP contribution in [-0.2, 0) is 9.31 Å². The first-order valence-electron chi connectivity index (χ1n) is 5.96. The van der Waals surface area contributed by atoms with Crippen molar-refractivity contribution in [1.82, 2.24) is 4.98 Å². The second-order valence-electron chi connectivity index (χ2n) is 5.40. The van der Waals surface area contributed by atoms with Gasteiger partial charge in [0.05, 0.1) is 11.2 Å². The van der Waals surface area contributed by atoms with Crippen LogP contribution in [0.5, 0.6) is 0 Å². The number of hydrogen-bond donors (Lipinski definition) is 0. The molecule has 0 N–H and O–H groups in total. The fourth-order valence-corrected chi connectivity index (χ4v) is 1.68. The molecule has 0 saturated carbocycles. The van der Waals surface area contributed by atoms with Crippen molar-refractivity contribution >= 4 is 13.2 Å². The van der Waals surface area contributed by atoms with Crippen molar-refractivity contribution in [2.75, 3.05) is 0 Å². The highest BCUT2D eigenvalue weighted by Crippen LogP contribution is 2.36. The van der Waals surface area contributed by atoms with Gasteiger partial charge in [-0.3, -0.25) is 0 Å². The number of hydrogen-bond acceptors (Lipinski definition) is 3. The van der Waals surface area contributed by atoms with Crippen LogP contribution in [0, 0.1) is 5.95 Å². The molecule has 1 saturated heterocycles. The number of nitrogens with zero attached hydrogens (tertiary/aromatic N) is 1. The van der Waals surface area contributed by atoms with Gasteiger partial charge in [-0.15, -0.1) is 0 Å². The van der Waals surface area contributed by atoms with Gasteiger partial charge in [-0.25, -0.2) is 4.98 Å².